The van der Waals surface area contributed by atoms with E-state index in [4.69, 9.17) is 5.73 Å². The second kappa shape index (κ2) is 5.43. The minimum absolute atomic E-state index is 0.834. The van der Waals surface area contributed by atoms with Crippen LogP contribution in [-0.4, -0.2) is 16.3 Å². The SMILES string of the molecule is CCCc1nn(C)c(NCCCC2CC2)c1N. The third-order valence-electron chi connectivity index (χ3n) is 3.43. The van der Waals surface area contributed by atoms with Crippen molar-refractivity contribution >= 4 is 11.5 Å². The van der Waals surface area contributed by atoms with Crippen molar-refractivity contribution in [2.45, 2.75) is 45.4 Å². The summed E-state index contributed by atoms with van der Waals surface area (Å²) in [6.45, 7) is 3.16. The first-order valence-electron chi connectivity index (χ1n) is 6.77. The molecular weight excluding hydrogens is 212 g/mol. The Hall–Kier alpha value is -1.19. The Labute approximate surface area is 104 Å². The number of nitrogen functional groups attached to an aromatic ring is 1. The van der Waals surface area contributed by atoms with Crippen molar-refractivity contribution in [3.8, 4) is 0 Å². The van der Waals surface area contributed by atoms with Gasteiger partial charge in [0.25, 0.3) is 0 Å². The molecule has 17 heavy (non-hydrogen) atoms. The Balaban J connectivity index is 1.85. The normalized spacial score (nSPS) is 15.2. The van der Waals surface area contributed by atoms with Gasteiger partial charge in [0.2, 0.25) is 0 Å². The summed E-state index contributed by atoms with van der Waals surface area (Å²) < 4.78 is 1.87. The van der Waals surface area contributed by atoms with Gasteiger partial charge in [-0.15, -0.1) is 0 Å². The number of hydrogen-bond acceptors (Lipinski definition) is 3. The van der Waals surface area contributed by atoms with Crippen LogP contribution in [-0.2, 0) is 13.5 Å². The summed E-state index contributed by atoms with van der Waals surface area (Å²) in [6.07, 6.45) is 7.51. The lowest BCUT2D eigenvalue weighted by Gasteiger charge is -2.07. The lowest BCUT2D eigenvalue weighted by atomic mass is 10.2. The highest BCUT2D eigenvalue weighted by molar-refractivity contribution is 5.64. The summed E-state index contributed by atoms with van der Waals surface area (Å²) in [7, 11) is 1.96. The Bertz CT molecular complexity index is 366. The molecule has 0 bridgehead atoms. The van der Waals surface area contributed by atoms with Crippen LogP contribution in [0.3, 0.4) is 0 Å². The van der Waals surface area contributed by atoms with Crippen molar-refractivity contribution < 1.29 is 0 Å². The Morgan fingerprint density at radius 1 is 1.47 bits per heavy atom. The van der Waals surface area contributed by atoms with E-state index in [0.717, 1.165) is 42.5 Å². The summed E-state index contributed by atoms with van der Waals surface area (Å²) in [5, 5.41) is 7.87. The molecule has 1 aromatic heterocycles. The number of hydrogen-bond donors (Lipinski definition) is 2. The fraction of sp³-hybridized carbons (Fsp3) is 0.769. The molecule has 4 nitrogen and oxygen atoms in total. The van der Waals surface area contributed by atoms with Crippen LogP contribution in [0, 0.1) is 5.92 Å². The van der Waals surface area contributed by atoms with Gasteiger partial charge in [0.15, 0.2) is 0 Å². The molecule has 0 unspecified atom stereocenters. The van der Waals surface area contributed by atoms with E-state index in [0.29, 0.717) is 0 Å². The number of rotatable bonds is 7. The van der Waals surface area contributed by atoms with Crippen molar-refractivity contribution in [1.29, 1.82) is 0 Å². The maximum atomic E-state index is 6.10. The first-order valence-corrected chi connectivity index (χ1v) is 6.77. The molecule has 0 saturated heterocycles. The number of anilines is 2. The van der Waals surface area contributed by atoms with Crippen LogP contribution in [0.25, 0.3) is 0 Å². The van der Waals surface area contributed by atoms with Gasteiger partial charge in [-0.3, -0.25) is 4.68 Å². The fourth-order valence-electron chi connectivity index (χ4n) is 2.23. The second-order valence-electron chi connectivity index (χ2n) is 5.09. The summed E-state index contributed by atoms with van der Waals surface area (Å²) >= 11 is 0. The van der Waals surface area contributed by atoms with Crippen LogP contribution >= 0.6 is 0 Å². The van der Waals surface area contributed by atoms with Crippen LogP contribution < -0.4 is 11.1 Å². The number of nitrogens with one attached hydrogen (secondary N) is 1. The van der Waals surface area contributed by atoms with E-state index in [1.54, 1.807) is 0 Å². The molecule has 0 aliphatic heterocycles. The van der Waals surface area contributed by atoms with Crippen LogP contribution in [0.1, 0.15) is 44.7 Å². The molecule has 0 radical (unpaired) electrons. The molecule has 1 fully saturated rings. The summed E-state index contributed by atoms with van der Waals surface area (Å²) in [4.78, 5) is 0. The van der Waals surface area contributed by atoms with Crippen molar-refractivity contribution in [2.75, 3.05) is 17.6 Å². The average molecular weight is 236 g/mol. The zero-order valence-corrected chi connectivity index (χ0v) is 11.0. The molecule has 4 heteroatoms. The van der Waals surface area contributed by atoms with Gasteiger partial charge in [-0.05, 0) is 25.2 Å². The van der Waals surface area contributed by atoms with Crippen LogP contribution in [0.5, 0.6) is 0 Å². The van der Waals surface area contributed by atoms with Crippen molar-refractivity contribution in [1.82, 2.24) is 9.78 Å². The minimum Gasteiger partial charge on any atom is -0.394 e. The molecule has 0 amide bonds. The van der Waals surface area contributed by atoms with E-state index in [1.165, 1.54) is 25.7 Å². The first-order chi connectivity index (χ1) is 8.22. The number of nitrogens with two attached hydrogens (primary N) is 1. The molecule has 1 saturated carbocycles. The first kappa shape index (κ1) is 12.3. The molecule has 1 aliphatic carbocycles. The van der Waals surface area contributed by atoms with Gasteiger partial charge in [0.05, 0.1) is 11.4 Å². The predicted octanol–water partition coefficient (Wildman–Crippen LogP) is 2.56. The number of nitrogens with zero attached hydrogens (tertiary/aromatic N) is 2. The van der Waals surface area contributed by atoms with Crippen molar-refractivity contribution in [3.05, 3.63) is 5.69 Å². The quantitative estimate of drug-likeness (QED) is 0.715. The molecule has 0 aromatic carbocycles. The van der Waals surface area contributed by atoms with Crippen LogP contribution in [0.15, 0.2) is 0 Å². The lowest BCUT2D eigenvalue weighted by Crippen LogP contribution is -2.08. The van der Waals surface area contributed by atoms with Crippen LogP contribution in [0.4, 0.5) is 11.5 Å². The monoisotopic (exact) mass is 236 g/mol. The van der Waals surface area contributed by atoms with Crippen molar-refractivity contribution in [2.24, 2.45) is 13.0 Å². The van der Waals surface area contributed by atoms with E-state index in [-0.39, 0.29) is 0 Å². The summed E-state index contributed by atoms with van der Waals surface area (Å²) in [6, 6.07) is 0. The standard InChI is InChI=1S/C13H24N4/c1-3-5-11-12(14)13(17(2)16-11)15-9-4-6-10-7-8-10/h10,15H,3-9,14H2,1-2H3. The largest absolute Gasteiger partial charge is 0.394 e. The van der Waals surface area contributed by atoms with E-state index in [9.17, 15) is 0 Å². The topological polar surface area (TPSA) is 55.9 Å². The maximum absolute atomic E-state index is 6.10. The number of aryl methyl sites for hydroxylation is 2. The third-order valence-corrected chi connectivity index (χ3v) is 3.43. The second-order valence-corrected chi connectivity index (χ2v) is 5.09. The fourth-order valence-corrected chi connectivity index (χ4v) is 2.23. The zero-order valence-electron chi connectivity index (χ0n) is 11.0. The number of aromatic nitrogens is 2. The van der Waals surface area contributed by atoms with Gasteiger partial charge in [-0.1, -0.05) is 26.2 Å². The zero-order chi connectivity index (χ0) is 12.3. The van der Waals surface area contributed by atoms with Gasteiger partial charge in [-0.2, -0.15) is 5.10 Å². The van der Waals surface area contributed by atoms with Gasteiger partial charge in [0.1, 0.15) is 5.82 Å². The highest BCUT2D eigenvalue weighted by Crippen LogP contribution is 2.33. The third kappa shape index (κ3) is 3.14. The lowest BCUT2D eigenvalue weighted by molar-refractivity contribution is 0.679. The van der Waals surface area contributed by atoms with E-state index < -0.39 is 0 Å². The molecule has 0 atom stereocenters. The molecule has 2 rings (SSSR count). The predicted molar refractivity (Wildman–Crippen MR) is 72.1 cm³/mol. The molecule has 0 spiro atoms. The highest BCUT2D eigenvalue weighted by atomic mass is 15.3. The minimum atomic E-state index is 0.834. The smallest absolute Gasteiger partial charge is 0.147 e. The highest BCUT2D eigenvalue weighted by Gasteiger charge is 2.20. The Morgan fingerprint density at radius 3 is 2.88 bits per heavy atom. The maximum Gasteiger partial charge on any atom is 0.147 e. The summed E-state index contributed by atoms with van der Waals surface area (Å²) in [5.41, 5.74) is 7.96. The van der Waals surface area contributed by atoms with Gasteiger partial charge < -0.3 is 11.1 Å². The van der Waals surface area contributed by atoms with Crippen LogP contribution in [0.2, 0.25) is 0 Å². The molecule has 1 aliphatic rings. The summed E-state index contributed by atoms with van der Waals surface area (Å²) in [5.74, 6) is 2.00. The van der Waals surface area contributed by atoms with Gasteiger partial charge >= 0.3 is 0 Å². The molecule has 96 valence electrons. The van der Waals surface area contributed by atoms with Gasteiger partial charge in [-0.25, -0.2) is 0 Å². The van der Waals surface area contributed by atoms with Gasteiger partial charge in [0, 0.05) is 13.6 Å². The molecular formula is C13H24N4. The molecule has 3 N–H and O–H groups in total. The Kier molecular flexibility index (Phi) is 3.92. The Morgan fingerprint density at radius 2 is 2.24 bits per heavy atom. The average Bonchev–Trinajstić information content (AvgIpc) is 3.07. The molecule has 1 aromatic rings. The van der Waals surface area contributed by atoms with E-state index in [1.807, 2.05) is 11.7 Å². The van der Waals surface area contributed by atoms with E-state index in [2.05, 4.69) is 17.3 Å². The van der Waals surface area contributed by atoms with Crippen molar-refractivity contribution in [3.63, 3.8) is 0 Å². The van der Waals surface area contributed by atoms with E-state index >= 15 is 0 Å². The molecule has 1 heterocycles.